The number of anilines is 2. The van der Waals surface area contributed by atoms with E-state index in [0.29, 0.717) is 44.0 Å². The summed E-state index contributed by atoms with van der Waals surface area (Å²) in [7, 11) is -5.37. The van der Waals surface area contributed by atoms with Gasteiger partial charge in [-0.15, -0.1) is 0 Å². The van der Waals surface area contributed by atoms with E-state index in [1.165, 1.54) is 0 Å². The normalized spacial score (nSPS) is 16.9. The van der Waals surface area contributed by atoms with E-state index < -0.39 is 26.3 Å². The Balaban J connectivity index is 0.000000403. The van der Waals surface area contributed by atoms with Gasteiger partial charge >= 0.3 is 0 Å². The predicted octanol–water partition coefficient (Wildman–Crippen LogP) is 1.91. The molecule has 244 valence electrons. The van der Waals surface area contributed by atoms with Gasteiger partial charge in [0.15, 0.2) is 11.6 Å². The number of rotatable bonds is 7. The number of nitrogens with one attached hydrogen (secondary N) is 1. The van der Waals surface area contributed by atoms with Gasteiger partial charge in [0.2, 0.25) is 5.95 Å². The van der Waals surface area contributed by atoms with Crippen LogP contribution in [0.4, 0.5) is 11.6 Å². The van der Waals surface area contributed by atoms with Crippen LogP contribution in [0.1, 0.15) is 34.5 Å². The van der Waals surface area contributed by atoms with Gasteiger partial charge in [0, 0.05) is 65.3 Å². The Morgan fingerprint density at radius 1 is 1.09 bits per heavy atom. The van der Waals surface area contributed by atoms with E-state index in [1.807, 2.05) is 49.1 Å². The number of aliphatic hydroxyl groups is 1. The molecule has 0 amide bonds. The van der Waals surface area contributed by atoms with Gasteiger partial charge in [0.05, 0.1) is 44.0 Å². The number of hydrogen-bond acceptors (Lipinski definition) is 12. The summed E-state index contributed by atoms with van der Waals surface area (Å²) in [6.45, 7) is 3.28. The van der Waals surface area contributed by atoms with Gasteiger partial charge in [-0.05, 0) is 38.0 Å². The first-order chi connectivity index (χ1) is 20.9. The first-order valence-electron chi connectivity index (χ1n) is 13.6. The average Bonchev–Trinajstić information content (AvgIpc) is 3.49. The fraction of sp³-hybridized carbons (Fsp3) is 0.407. The van der Waals surface area contributed by atoms with Crippen molar-refractivity contribution < 1.29 is 40.7 Å². The molecule has 1 saturated carbocycles. The quantitative estimate of drug-likeness (QED) is 0.164. The van der Waals surface area contributed by atoms with E-state index in [2.05, 4.69) is 20.4 Å². The lowest BCUT2D eigenvalue weighted by molar-refractivity contribution is -0.118. The fourth-order valence-corrected chi connectivity index (χ4v) is 4.50. The van der Waals surface area contributed by atoms with Crippen molar-refractivity contribution in [2.45, 2.75) is 32.4 Å². The van der Waals surface area contributed by atoms with Crippen molar-refractivity contribution in [2.75, 3.05) is 31.0 Å². The van der Waals surface area contributed by atoms with Crippen LogP contribution in [0.25, 0.3) is 16.7 Å². The zero-order chi connectivity index (χ0) is 33.1. The van der Waals surface area contributed by atoms with Crippen LogP contribution in [-0.2, 0) is 38.7 Å². The molecule has 45 heavy (non-hydrogen) atoms. The number of carbonyl (C=O) groups is 1. The predicted molar refractivity (Wildman–Crippen MR) is 164 cm³/mol. The lowest BCUT2D eigenvalue weighted by Gasteiger charge is -2.12. The molecule has 1 atom stereocenters. The maximum Gasteiger partial charge on any atom is 0.261 e. The SMILES string of the molecule is CS(=O)(=O)O.CS(=O)(=O)O.Cc1nn(-c2ccnc(Nc3ccc4c(c3)c(C(=O)C3CC3)cn4C)n2)cc1CN1C[C@H](O)CO1. The molecular weight excluding hydrogens is 630 g/mol. The molecule has 1 aromatic carbocycles. The summed E-state index contributed by atoms with van der Waals surface area (Å²) in [4.78, 5) is 27.3. The van der Waals surface area contributed by atoms with Gasteiger partial charge in [-0.3, -0.25) is 18.7 Å². The van der Waals surface area contributed by atoms with E-state index >= 15 is 0 Å². The van der Waals surface area contributed by atoms with E-state index in [4.69, 9.17) is 13.9 Å². The summed E-state index contributed by atoms with van der Waals surface area (Å²) in [5.74, 6) is 1.46. The molecule has 6 rings (SSSR count). The molecular formula is C27H35N7O9S2. The van der Waals surface area contributed by atoms with Crippen LogP contribution in [0.3, 0.4) is 0 Å². The van der Waals surface area contributed by atoms with Crippen LogP contribution in [0, 0.1) is 12.8 Å². The molecule has 4 N–H and O–H groups in total. The lowest BCUT2D eigenvalue weighted by Crippen LogP contribution is -2.20. The molecule has 2 aliphatic rings. The van der Waals surface area contributed by atoms with Crippen molar-refractivity contribution >= 4 is 48.6 Å². The highest BCUT2D eigenvalue weighted by atomic mass is 32.2. The number of benzene rings is 1. The number of β-amino-alcohol motifs (C(OH)–C–C–N with tert-alkyl or cyclic N) is 1. The van der Waals surface area contributed by atoms with Crippen LogP contribution in [0.15, 0.2) is 42.9 Å². The van der Waals surface area contributed by atoms with Crippen LogP contribution in [0.2, 0.25) is 0 Å². The highest BCUT2D eigenvalue weighted by Crippen LogP contribution is 2.36. The molecule has 18 heteroatoms. The topological polar surface area (TPSA) is 219 Å². The third kappa shape index (κ3) is 10.4. The Kier molecular flexibility index (Phi) is 10.4. The molecule has 4 aromatic rings. The van der Waals surface area contributed by atoms with E-state index in [1.54, 1.807) is 22.0 Å². The molecule has 0 spiro atoms. The fourth-order valence-electron chi connectivity index (χ4n) is 4.50. The molecule has 2 fully saturated rings. The second kappa shape index (κ2) is 13.7. The van der Waals surface area contributed by atoms with Crippen molar-refractivity contribution in [2.24, 2.45) is 13.0 Å². The molecule has 0 bridgehead atoms. The number of hydroxylamine groups is 2. The molecule has 16 nitrogen and oxygen atoms in total. The molecule has 3 aromatic heterocycles. The minimum atomic E-state index is -3.67. The number of carbonyl (C=O) groups excluding carboxylic acids is 1. The van der Waals surface area contributed by atoms with Crippen molar-refractivity contribution in [3.8, 4) is 5.82 Å². The summed E-state index contributed by atoms with van der Waals surface area (Å²) >= 11 is 0. The number of Topliss-reactive ketones (excluding diaryl/α,β-unsaturated/α-hetero) is 1. The third-order valence-electron chi connectivity index (χ3n) is 6.55. The summed E-state index contributed by atoms with van der Waals surface area (Å²) in [5, 5.41) is 20.2. The van der Waals surface area contributed by atoms with Crippen LogP contribution >= 0.6 is 0 Å². The lowest BCUT2D eigenvalue weighted by atomic mass is 10.1. The van der Waals surface area contributed by atoms with Gasteiger partial charge in [-0.2, -0.15) is 32.0 Å². The molecule has 1 aliphatic carbocycles. The van der Waals surface area contributed by atoms with Gasteiger partial charge in [-0.1, -0.05) is 0 Å². The number of fused-ring (bicyclic) bond motifs is 1. The minimum absolute atomic E-state index is 0.168. The molecule has 0 unspecified atom stereocenters. The zero-order valence-electron chi connectivity index (χ0n) is 25.0. The maximum atomic E-state index is 12.8. The van der Waals surface area contributed by atoms with Crippen LogP contribution < -0.4 is 5.32 Å². The number of aliphatic hydroxyl groups excluding tert-OH is 1. The number of hydrogen-bond donors (Lipinski definition) is 4. The number of nitrogens with zero attached hydrogens (tertiary/aromatic N) is 6. The number of ketones is 1. The number of aryl methyl sites for hydroxylation is 2. The second-order valence-electron chi connectivity index (χ2n) is 10.8. The highest BCUT2D eigenvalue weighted by Gasteiger charge is 2.32. The number of aromatic nitrogens is 5. The van der Waals surface area contributed by atoms with Crippen LogP contribution in [-0.4, -0.2) is 98.0 Å². The molecule has 0 radical (unpaired) electrons. The van der Waals surface area contributed by atoms with E-state index in [-0.39, 0.29) is 11.7 Å². The molecule has 4 heterocycles. The minimum Gasteiger partial charge on any atom is -0.389 e. The zero-order valence-corrected chi connectivity index (χ0v) is 26.7. The summed E-state index contributed by atoms with van der Waals surface area (Å²) < 4.78 is 55.5. The van der Waals surface area contributed by atoms with E-state index in [0.717, 1.165) is 46.3 Å². The third-order valence-corrected chi connectivity index (χ3v) is 6.55. The highest BCUT2D eigenvalue weighted by molar-refractivity contribution is 7.85. The standard InChI is InChI=1S/C25H27N7O3.2CH4O3S/c1-15-17(10-31-12-19(33)14-35-31)11-32(29-15)23-7-8-26-25(28-23)27-18-5-6-22-20(9-18)21(13-30(22)2)24(34)16-3-4-16;2*1-5(2,3)4/h5-9,11,13,16,19,33H,3-4,10,12,14H2,1-2H3,(H,26,27,28);2*1H3,(H,2,3,4)/t19-;;/m0../s1. The van der Waals surface area contributed by atoms with E-state index in [9.17, 15) is 26.7 Å². The Morgan fingerprint density at radius 3 is 2.36 bits per heavy atom. The smallest absolute Gasteiger partial charge is 0.261 e. The largest absolute Gasteiger partial charge is 0.389 e. The van der Waals surface area contributed by atoms with Gasteiger partial charge < -0.3 is 15.0 Å². The monoisotopic (exact) mass is 665 g/mol. The van der Waals surface area contributed by atoms with Gasteiger partial charge in [-0.25, -0.2) is 9.67 Å². The van der Waals surface area contributed by atoms with Crippen molar-refractivity contribution in [3.63, 3.8) is 0 Å². The Morgan fingerprint density at radius 2 is 1.76 bits per heavy atom. The first-order valence-corrected chi connectivity index (χ1v) is 17.3. The van der Waals surface area contributed by atoms with Gasteiger partial charge in [0.1, 0.15) is 0 Å². The summed E-state index contributed by atoms with van der Waals surface area (Å²) in [6, 6.07) is 7.75. The van der Waals surface area contributed by atoms with Crippen molar-refractivity contribution in [1.29, 1.82) is 0 Å². The average molecular weight is 666 g/mol. The molecule has 1 saturated heterocycles. The van der Waals surface area contributed by atoms with Crippen molar-refractivity contribution in [3.05, 3.63) is 59.7 Å². The Hall–Kier alpha value is -3.78. The Bertz CT molecular complexity index is 1860. The summed E-state index contributed by atoms with van der Waals surface area (Å²) in [6.07, 6.45) is 8.47. The molecule has 1 aliphatic heterocycles. The second-order valence-corrected chi connectivity index (χ2v) is 13.7. The summed E-state index contributed by atoms with van der Waals surface area (Å²) in [5.41, 5.74) is 4.47. The first kappa shape index (κ1) is 34.1. The van der Waals surface area contributed by atoms with Crippen LogP contribution in [0.5, 0.6) is 0 Å². The Labute approximate surface area is 260 Å². The van der Waals surface area contributed by atoms with Crippen molar-refractivity contribution in [1.82, 2.24) is 29.4 Å². The maximum absolute atomic E-state index is 12.8. The van der Waals surface area contributed by atoms with Gasteiger partial charge in [0.25, 0.3) is 20.2 Å².